The second kappa shape index (κ2) is 5.97. The molecule has 0 heterocycles. The summed E-state index contributed by atoms with van der Waals surface area (Å²) in [5.74, 6) is -0.711. The molecule has 11 heavy (non-hydrogen) atoms. The van der Waals surface area contributed by atoms with Crippen LogP contribution in [0.2, 0.25) is 0 Å². The molecule has 0 saturated heterocycles. The van der Waals surface area contributed by atoms with Crippen LogP contribution in [-0.2, 0) is 14.3 Å². The summed E-state index contributed by atoms with van der Waals surface area (Å²) in [4.78, 5) is 21.0. The Balaban J connectivity index is 3.27. The van der Waals surface area contributed by atoms with Gasteiger partial charge in [-0.05, 0) is 0 Å². The van der Waals surface area contributed by atoms with Crippen LogP contribution in [0.5, 0.6) is 0 Å². The first-order chi connectivity index (χ1) is 5.20. The lowest BCUT2D eigenvalue weighted by Crippen LogP contribution is -2.27. The molecular formula is C6H10ClNO3. The number of halogens is 1. The quantitative estimate of drug-likeness (QED) is 0.485. The Morgan fingerprint density at radius 2 is 2.18 bits per heavy atom. The summed E-state index contributed by atoms with van der Waals surface area (Å²) in [5, 5.41) is 2.43. The van der Waals surface area contributed by atoms with Gasteiger partial charge in [0.1, 0.15) is 5.88 Å². The maximum atomic E-state index is 10.5. The van der Waals surface area contributed by atoms with Crippen molar-refractivity contribution in [2.75, 3.05) is 19.5 Å². The molecule has 1 N–H and O–H groups in total. The highest BCUT2D eigenvalue weighted by atomic mass is 35.5. The molecule has 0 radical (unpaired) electrons. The Labute approximate surface area is 69.9 Å². The number of carbonyl (C=O) groups excluding carboxylic acids is 2. The fourth-order valence-electron chi connectivity index (χ4n) is 0.453. The van der Waals surface area contributed by atoms with Crippen LogP contribution < -0.4 is 5.32 Å². The normalized spacial score (nSPS) is 8.91. The third kappa shape index (κ3) is 5.66. The van der Waals surface area contributed by atoms with Gasteiger partial charge in [0.25, 0.3) is 0 Å². The van der Waals surface area contributed by atoms with Gasteiger partial charge < -0.3 is 10.1 Å². The van der Waals surface area contributed by atoms with Crippen molar-refractivity contribution in [3.63, 3.8) is 0 Å². The lowest BCUT2D eigenvalue weighted by atomic mass is 10.4. The van der Waals surface area contributed by atoms with E-state index in [4.69, 9.17) is 11.6 Å². The lowest BCUT2D eigenvalue weighted by Gasteiger charge is -2.00. The second-order valence-corrected chi connectivity index (χ2v) is 2.08. The van der Waals surface area contributed by atoms with Gasteiger partial charge in [-0.3, -0.25) is 9.59 Å². The fourth-order valence-corrected chi connectivity index (χ4v) is 0.548. The van der Waals surface area contributed by atoms with Gasteiger partial charge in [0, 0.05) is 6.54 Å². The van der Waals surface area contributed by atoms with Gasteiger partial charge in [0.15, 0.2) is 0 Å². The molecule has 0 aromatic heterocycles. The van der Waals surface area contributed by atoms with E-state index in [1.165, 1.54) is 7.11 Å². The number of rotatable bonds is 4. The molecule has 0 unspecified atom stereocenters. The SMILES string of the molecule is COC(=O)CCNC(=O)CCl. The topological polar surface area (TPSA) is 55.4 Å². The zero-order valence-electron chi connectivity index (χ0n) is 6.22. The van der Waals surface area contributed by atoms with Gasteiger partial charge in [-0.25, -0.2) is 0 Å². The van der Waals surface area contributed by atoms with Crippen molar-refractivity contribution in [2.24, 2.45) is 0 Å². The van der Waals surface area contributed by atoms with Crippen LogP contribution in [0.3, 0.4) is 0 Å². The maximum Gasteiger partial charge on any atom is 0.307 e. The van der Waals surface area contributed by atoms with E-state index in [2.05, 4.69) is 10.1 Å². The van der Waals surface area contributed by atoms with Crippen LogP contribution >= 0.6 is 11.6 Å². The molecule has 0 spiro atoms. The van der Waals surface area contributed by atoms with Crippen LogP contribution in [0.4, 0.5) is 0 Å². The van der Waals surface area contributed by atoms with E-state index in [-0.39, 0.29) is 30.7 Å². The first-order valence-corrected chi connectivity index (χ1v) is 3.63. The van der Waals surface area contributed by atoms with Crippen molar-refractivity contribution in [3.8, 4) is 0 Å². The molecule has 0 aromatic rings. The number of amides is 1. The molecule has 0 aromatic carbocycles. The molecule has 5 heteroatoms. The van der Waals surface area contributed by atoms with Gasteiger partial charge in [0.05, 0.1) is 13.5 Å². The zero-order valence-corrected chi connectivity index (χ0v) is 6.98. The Morgan fingerprint density at radius 1 is 1.55 bits per heavy atom. The van der Waals surface area contributed by atoms with Crippen LogP contribution in [0.25, 0.3) is 0 Å². The first kappa shape index (κ1) is 10.2. The molecular weight excluding hydrogens is 170 g/mol. The number of nitrogens with one attached hydrogen (secondary N) is 1. The van der Waals surface area contributed by atoms with E-state index in [0.29, 0.717) is 0 Å². The number of carbonyl (C=O) groups is 2. The van der Waals surface area contributed by atoms with Gasteiger partial charge in [-0.15, -0.1) is 11.6 Å². The second-order valence-electron chi connectivity index (χ2n) is 1.81. The highest BCUT2D eigenvalue weighted by Crippen LogP contribution is 1.81. The van der Waals surface area contributed by atoms with E-state index in [1.807, 2.05) is 0 Å². The average molecular weight is 180 g/mol. The van der Waals surface area contributed by atoms with Crippen LogP contribution in [0.1, 0.15) is 6.42 Å². The minimum atomic E-state index is -0.347. The van der Waals surface area contributed by atoms with Crippen molar-refractivity contribution in [1.82, 2.24) is 5.32 Å². The largest absolute Gasteiger partial charge is 0.469 e. The Kier molecular flexibility index (Phi) is 5.56. The first-order valence-electron chi connectivity index (χ1n) is 3.10. The molecule has 64 valence electrons. The molecule has 0 aliphatic heterocycles. The molecule has 1 amide bonds. The Morgan fingerprint density at radius 3 is 2.64 bits per heavy atom. The van der Waals surface area contributed by atoms with Crippen molar-refractivity contribution < 1.29 is 14.3 Å². The third-order valence-corrected chi connectivity index (χ3v) is 1.24. The van der Waals surface area contributed by atoms with Gasteiger partial charge >= 0.3 is 5.97 Å². The van der Waals surface area contributed by atoms with Crippen LogP contribution in [0, 0.1) is 0 Å². The maximum absolute atomic E-state index is 10.5. The molecule has 0 aliphatic carbocycles. The smallest absolute Gasteiger partial charge is 0.307 e. The molecule has 0 saturated carbocycles. The molecule has 0 aliphatic rings. The van der Waals surface area contributed by atoms with Crippen molar-refractivity contribution in [1.29, 1.82) is 0 Å². The molecule has 0 bridgehead atoms. The van der Waals surface area contributed by atoms with E-state index < -0.39 is 0 Å². The summed E-state index contributed by atoms with van der Waals surface area (Å²) in [7, 11) is 1.30. The van der Waals surface area contributed by atoms with E-state index in [9.17, 15) is 9.59 Å². The lowest BCUT2D eigenvalue weighted by molar-refractivity contribution is -0.140. The summed E-state index contributed by atoms with van der Waals surface area (Å²) < 4.78 is 4.34. The Bertz CT molecular complexity index is 133. The third-order valence-electron chi connectivity index (χ3n) is 1.00. The van der Waals surface area contributed by atoms with Crippen LogP contribution in [-0.4, -0.2) is 31.4 Å². The monoisotopic (exact) mass is 179 g/mol. The van der Waals surface area contributed by atoms with Crippen molar-refractivity contribution >= 4 is 23.5 Å². The summed E-state index contributed by atoms with van der Waals surface area (Å²) >= 11 is 5.17. The summed E-state index contributed by atoms with van der Waals surface area (Å²) in [6, 6.07) is 0. The highest BCUT2D eigenvalue weighted by molar-refractivity contribution is 6.27. The summed E-state index contributed by atoms with van der Waals surface area (Å²) in [6.07, 6.45) is 0.180. The zero-order chi connectivity index (χ0) is 8.69. The molecule has 0 fully saturated rings. The number of hydrogen-bond acceptors (Lipinski definition) is 3. The number of alkyl halides is 1. The van der Waals surface area contributed by atoms with E-state index in [1.54, 1.807) is 0 Å². The van der Waals surface area contributed by atoms with E-state index in [0.717, 1.165) is 0 Å². The summed E-state index contributed by atoms with van der Waals surface area (Å²) in [5.41, 5.74) is 0. The standard InChI is InChI=1S/C6H10ClNO3/c1-11-6(10)2-3-8-5(9)4-7/h2-4H2,1H3,(H,8,9). The van der Waals surface area contributed by atoms with Crippen molar-refractivity contribution in [3.05, 3.63) is 0 Å². The van der Waals surface area contributed by atoms with Gasteiger partial charge in [-0.2, -0.15) is 0 Å². The number of hydrogen-bond donors (Lipinski definition) is 1. The number of esters is 1. The fraction of sp³-hybridized carbons (Fsp3) is 0.667. The minimum absolute atomic E-state index is 0.0822. The molecule has 4 nitrogen and oxygen atoms in total. The van der Waals surface area contributed by atoms with Gasteiger partial charge in [0.2, 0.25) is 5.91 Å². The summed E-state index contributed by atoms with van der Waals surface area (Å²) in [6.45, 7) is 0.276. The predicted octanol–water partition coefficient (Wildman–Crippen LogP) is -0.0955. The van der Waals surface area contributed by atoms with Crippen molar-refractivity contribution in [2.45, 2.75) is 6.42 Å². The van der Waals surface area contributed by atoms with Crippen LogP contribution in [0.15, 0.2) is 0 Å². The molecule has 0 atom stereocenters. The minimum Gasteiger partial charge on any atom is -0.469 e. The number of ether oxygens (including phenoxy) is 1. The van der Waals surface area contributed by atoms with Gasteiger partial charge in [-0.1, -0.05) is 0 Å². The average Bonchev–Trinajstić information content (AvgIpc) is 2.04. The number of methoxy groups -OCH3 is 1. The predicted molar refractivity (Wildman–Crippen MR) is 40.4 cm³/mol. The Hall–Kier alpha value is -0.770. The molecule has 0 rings (SSSR count). The highest BCUT2D eigenvalue weighted by Gasteiger charge is 2.01. The van der Waals surface area contributed by atoms with E-state index >= 15 is 0 Å².